The maximum Gasteiger partial charge on any atom is 0.303 e. The third-order valence-electron chi connectivity index (χ3n) is 3.06. The number of hydrogen-bond acceptors (Lipinski definition) is 5. The molecular weight excluding hydrogens is 272 g/mol. The van der Waals surface area contributed by atoms with Crippen molar-refractivity contribution in [3.63, 3.8) is 0 Å². The molecule has 21 heavy (non-hydrogen) atoms. The molecule has 0 amide bonds. The number of aryl methyl sites for hydroxylation is 1. The van der Waals surface area contributed by atoms with Crippen LogP contribution in [-0.4, -0.2) is 31.2 Å². The van der Waals surface area contributed by atoms with Crippen molar-refractivity contribution in [3.05, 3.63) is 41.8 Å². The number of hydrogen-bond donors (Lipinski definition) is 2. The van der Waals surface area contributed by atoms with Crippen molar-refractivity contribution in [1.82, 2.24) is 20.1 Å². The molecule has 0 aliphatic carbocycles. The molecule has 0 atom stereocenters. The Labute approximate surface area is 120 Å². The van der Waals surface area contributed by atoms with Crippen LogP contribution in [0.15, 0.2) is 28.8 Å². The van der Waals surface area contributed by atoms with E-state index in [0.717, 1.165) is 16.9 Å². The molecule has 0 aliphatic heterocycles. The summed E-state index contributed by atoms with van der Waals surface area (Å²) in [6.07, 6.45) is 1.51. The van der Waals surface area contributed by atoms with Gasteiger partial charge in [-0.1, -0.05) is 17.3 Å². The van der Waals surface area contributed by atoms with Gasteiger partial charge in [-0.05, 0) is 18.6 Å². The fourth-order valence-electron chi connectivity index (χ4n) is 2.09. The van der Waals surface area contributed by atoms with Crippen molar-refractivity contribution < 1.29 is 14.4 Å². The van der Waals surface area contributed by atoms with Gasteiger partial charge in [-0.2, -0.15) is 4.98 Å². The number of benzene rings is 1. The van der Waals surface area contributed by atoms with Crippen LogP contribution in [0.25, 0.3) is 11.0 Å². The predicted octanol–water partition coefficient (Wildman–Crippen LogP) is 1.94. The summed E-state index contributed by atoms with van der Waals surface area (Å²) >= 11 is 0. The highest BCUT2D eigenvalue weighted by Gasteiger charge is 2.10. The van der Waals surface area contributed by atoms with Crippen LogP contribution < -0.4 is 0 Å². The molecule has 7 nitrogen and oxygen atoms in total. The van der Waals surface area contributed by atoms with Crippen molar-refractivity contribution >= 4 is 17.0 Å². The monoisotopic (exact) mass is 286 g/mol. The Balaban J connectivity index is 1.65. The van der Waals surface area contributed by atoms with E-state index in [4.69, 9.17) is 9.63 Å². The number of aliphatic carboxylic acids is 1. The molecule has 0 aliphatic rings. The average Bonchev–Trinajstić information content (AvgIpc) is 3.04. The maximum absolute atomic E-state index is 10.4. The first-order chi connectivity index (χ1) is 10.2. The van der Waals surface area contributed by atoms with E-state index in [1.807, 2.05) is 24.3 Å². The molecule has 108 valence electrons. The lowest BCUT2D eigenvalue weighted by Gasteiger charge is -1.90. The molecule has 1 aromatic carbocycles. The summed E-state index contributed by atoms with van der Waals surface area (Å²) in [7, 11) is 0. The van der Waals surface area contributed by atoms with Crippen LogP contribution in [-0.2, 0) is 17.6 Å². The van der Waals surface area contributed by atoms with Crippen LogP contribution in [0.1, 0.15) is 30.4 Å². The summed E-state index contributed by atoms with van der Waals surface area (Å²) in [4.78, 5) is 22.3. The highest BCUT2D eigenvalue weighted by Crippen LogP contribution is 2.12. The van der Waals surface area contributed by atoms with E-state index in [1.165, 1.54) is 0 Å². The lowest BCUT2D eigenvalue weighted by molar-refractivity contribution is -0.137. The number of carboxylic acid groups (broad SMARTS) is 1. The summed E-state index contributed by atoms with van der Waals surface area (Å²) < 4.78 is 5.10. The number of H-pyrrole nitrogens is 1. The number of nitrogens with one attached hydrogen (secondary N) is 1. The molecule has 0 radical (unpaired) electrons. The van der Waals surface area contributed by atoms with Gasteiger partial charge >= 0.3 is 5.97 Å². The second-order valence-corrected chi connectivity index (χ2v) is 4.73. The quantitative estimate of drug-likeness (QED) is 0.717. The minimum atomic E-state index is -0.822. The Morgan fingerprint density at radius 1 is 1.29 bits per heavy atom. The van der Waals surface area contributed by atoms with E-state index < -0.39 is 5.97 Å². The fourth-order valence-corrected chi connectivity index (χ4v) is 2.09. The zero-order valence-electron chi connectivity index (χ0n) is 11.2. The topological polar surface area (TPSA) is 105 Å². The number of aromatic amines is 1. The van der Waals surface area contributed by atoms with Gasteiger partial charge in [-0.3, -0.25) is 4.79 Å². The summed E-state index contributed by atoms with van der Waals surface area (Å²) in [5.41, 5.74) is 1.87. The van der Waals surface area contributed by atoms with Crippen LogP contribution in [0.2, 0.25) is 0 Å². The minimum absolute atomic E-state index is 0.0985. The van der Waals surface area contributed by atoms with Gasteiger partial charge in [0.2, 0.25) is 5.89 Å². The second kappa shape index (κ2) is 5.74. The second-order valence-electron chi connectivity index (χ2n) is 4.73. The standard InChI is InChI=1S/C14H14N4O3/c19-14(20)7-3-6-13-17-12(18-21-13)8-11-15-9-4-1-2-5-10(9)16-11/h1-2,4-5H,3,6-8H2,(H,15,16)(H,19,20). The molecule has 0 unspecified atom stereocenters. The van der Waals surface area contributed by atoms with Gasteiger partial charge in [0.15, 0.2) is 5.82 Å². The predicted molar refractivity (Wildman–Crippen MR) is 73.8 cm³/mol. The van der Waals surface area contributed by atoms with Crippen molar-refractivity contribution in [3.8, 4) is 0 Å². The molecule has 2 N–H and O–H groups in total. The van der Waals surface area contributed by atoms with E-state index in [9.17, 15) is 4.79 Å². The lowest BCUT2D eigenvalue weighted by atomic mass is 10.2. The molecule has 2 aromatic heterocycles. The molecular formula is C14H14N4O3. The van der Waals surface area contributed by atoms with Crippen molar-refractivity contribution in [2.24, 2.45) is 0 Å². The largest absolute Gasteiger partial charge is 0.481 e. The summed E-state index contributed by atoms with van der Waals surface area (Å²) in [6, 6.07) is 7.77. The number of aromatic nitrogens is 4. The first-order valence-corrected chi connectivity index (χ1v) is 6.67. The van der Waals surface area contributed by atoms with E-state index in [0.29, 0.717) is 31.0 Å². The fraction of sp³-hybridized carbons (Fsp3) is 0.286. The number of carbonyl (C=O) groups is 1. The molecule has 3 rings (SSSR count). The van der Waals surface area contributed by atoms with E-state index >= 15 is 0 Å². The van der Waals surface area contributed by atoms with E-state index in [1.54, 1.807) is 0 Å². The van der Waals surface area contributed by atoms with Gasteiger partial charge in [0.25, 0.3) is 0 Å². The van der Waals surface area contributed by atoms with E-state index in [2.05, 4.69) is 20.1 Å². The Morgan fingerprint density at radius 2 is 2.14 bits per heavy atom. The zero-order chi connectivity index (χ0) is 14.7. The highest BCUT2D eigenvalue weighted by atomic mass is 16.5. The molecule has 0 spiro atoms. The number of nitrogens with zero attached hydrogens (tertiary/aromatic N) is 3. The van der Waals surface area contributed by atoms with Crippen LogP contribution in [0.3, 0.4) is 0 Å². The van der Waals surface area contributed by atoms with Gasteiger partial charge in [0.05, 0.1) is 17.5 Å². The van der Waals surface area contributed by atoms with Gasteiger partial charge in [0.1, 0.15) is 5.82 Å². The molecule has 3 aromatic rings. The SMILES string of the molecule is O=C(O)CCCc1nc(Cc2nc3ccccc3[nH]2)no1. The van der Waals surface area contributed by atoms with Crippen LogP contribution in [0, 0.1) is 0 Å². The van der Waals surface area contributed by atoms with Crippen LogP contribution in [0.5, 0.6) is 0 Å². The Hall–Kier alpha value is -2.70. The smallest absolute Gasteiger partial charge is 0.303 e. The van der Waals surface area contributed by atoms with Gasteiger partial charge in [-0.25, -0.2) is 4.98 Å². The zero-order valence-corrected chi connectivity index (χ0v) is 11.2. The average molecular weight is 286 g/mol. The number of para-hydroxylation sites is 2. The van der Waals surface area contributed by atoms with Gasteiger partial charge in [-0.15, -0.1) is 0 Å². The summed E-state index contributed by atoms with van der Waals surface area (Å²) in [6.45, 7) is 0. The first kappa shape index (κ1) is 13.3. The molecule has 0 fully saturated rings. The third kappa shape index (κ3) is 3.25. The van der Waals surface area contributed by atoms with Crippen molar-refractivity contribution in [2.45, 2.75) is 25.7 Å². The highest BCUT2D eigenvalue weighted by molar-refractivity contribution is 5.74. The molecule has 0 saturated heterocycles. The minimum Gasteiger partial charge on any atom is -0.481 e. The van der Waals surface area contributed by atoms with Crippen molar-refractivity contribution in [1.29, 1.82) is 0 Å². The summed E-state index contributed by atoms with van der Waals surface area (Å²) in [5.74, 6) is 0.952. The molecule has 0 saturated carbocycles. The van der Waals surface area contributed by atoms with Crippen molar-refractivity contribution in [2.75, 3.05) is 0 Å². The van der Waals surface area contributed by atoms with Crippen LogP contribution >= 0.6 is 0 Å². The summed E-state index contributed by atoms with van der Waals surface area (Å²) in [5, 5.41) is 12.5. The number of imidazole rings is 1. The van der Waals surface area contributed by atoms with E-state index in [-0.39, 0.29) is 6.42 Å². The number of carboxylic acids is 1. The Morgan fingerprint density at radius 3 is 2.95 bits per heavy atom. The number of fused-ring (bicyclic) bond motifs is 1. The molecule has 0 bridgehead atoms. The first-order valence-electron chi connectivity index (χ1n) is 6.67. The maximum atomic E-state index is 10.4. The number of rotatable bonds is 6. The van der Waals surface area contributed by atoms with Gasteiger partial charge < -0.3 is 14.6 Å². The molecule has 7 heteroatoms. The third-order valence-corrected chi connectivity index (χ3v) is 3.06. The lowest BCUT2D eigenvalue weighted by Crippen LogP contribution is -1.97. The Bertz CT molecular complexity index is 729. The Kier molecular flexibility index (Phi) is 3.63. The molecule has 2 heterocycles. The van der Waals surface area contributed by atoms with Crippen LogP contribution in [0.4, 0.5) is 0 Å². The normalized spacial score (nSPS) is 11.0. The van der Waals surface area contributed by atoms with Gasteiger partial charge in [0, 0.05) is 12.8 Å².